The number of carbonyl (C=O) groups excluding carboxylic acids is 1. The number of nitrogens with zero attached hydrogens (tertiary/aromatic N) is 1. The second-order valence-electron chi connectivity index (χ2n) is 7.07. The maximum absolute atomic E-state index is 12.2. The van der Waals surface area contributed by atoms with Gasteiger partial charge in [0.2, 0.25) is 10.0 Å². The van der Waals surface area contributed by atoms with E-state index in [1.165, 1.54) is 0 Å². The van der Waals surface area contributed by atoms with Crippen LogP contribution in [0.5, 0.6) is 0 Å². The third kappa shape index (κ3) is 5.82. The number of amides is 1. The molecule has 124 valence electrons. The van der Waals surface area contributed by atoms with Crippen molar-refractivity contribution >= 4 is 16.1 Å². The van der Waals surface area contributed by atoms with Gasteiger partial charge in [-0.25, -0.2) is 17.5 Å². The molecular weight excluding hydrogens is 292 g/mol. The molecule has 0 spiro atoms. The van der Waals surface area contributed by atoms with E-state index in [0.717, 1.165) is 23.5 Å². The van der Waals surface area contributed by atoms with Crippen LogP contribution in [0.3, 0.4) is 0 Å². The van der Waals surface area contributed by atoms with Crippen LogP contribution >= 0.6 is 0 Å². The lowest BCUT2D eigenvalue weighted by molar-refractivity contribution is 0.0354. The van der Waals surface area contributed by atoms with Gasteiger partial charge in [0.15, 0.2) is 0 Å². The van der Waals surface area contributed by atoms with Crippen molar-refractivity contribution in [1.82, 2.24) is 9.62 Å². The summed E-state index contributed by atoms with van der Waals surface area (Å²) in [7, 11) is -3.65. The predicted octanol–water partition coefficient (Wildman–Crippen LogP) is 1.82. The minimum absolute atomic E-state index is 0.0935. The number of hydrogen-bond acceptors (Lipinski definition) is 5. The topological polar surface area (TPSA) is 75.7 Å². The molecule has 1 aliphatic heterocycles. The van der Waals surface area contributed by atoms with Crippen molar-refractivity contribution in [2.24, 2.45) is 11.8 Å². The smallest absolute Gasteiger partial charge is 0.424 e. The zero-order valence-corrected chi connectivity index (χ0v) is 14.7. The Morgan fingerprint density at radius 2 is 1.90 bits per heavy atom. The van der Waals surface area contributed by atoms with E-state index in [2.05, 4.69) is 12.2 Å². The lowest BCUT2D eigenvalue weighted by Crippen LogP contribution is -2.50. The molecule has 21 heavy (non-hydrogen) atoms. The standard InChI is InChI=1S/C14H28N2O4S/c1-10-7-12(11(2)15-8-10)9-16(21(6,18)19)13(17)20-14(3,4)5/h10-12,15H,7-9H2,1-6H3. The molecule has 1 amide bonds. The Balaban J connectivity index is 2.87. The van der Waals surface area contributed by atoms with E-state index in [-0.39, 0.29) is 18.5 Å². The molecule has 0 radical (unpaired) electrons. The van der Waals surface area contributed by atoms with Crippen molar-refractivity contribution in [1.29, 1.82) is 0 Å². The van der Waals surface area contributed by atoms with Gasteiger partial charge in [0.05, 0.1) is 6.26 Å². The van der Waals surface area contributed by atoms with Crippen molar-refractivity contribution < 1.29 is 17.9 Å². The Kier molecular flexibility index (Phi) is 5.66. The molecule has 0 aromatic rings. The first-order chi connectivity index (χ1) is 9.40. The molecule has 1 aliphatic rings. The molecule has 1 rings (SSSR count). The Hall–Kier alpha value is -0.820. The summed E-state index contributed by atoms with van der Waals surface area (Å²) in [5.41, 5.74) is -0.719. The Bertz CT molecular complexity index is 470. The number of hydrogen-bond donors (Lipinski definition) is 1. The van der Waals surface area contributed by atoms with Crippen LogP contribution < -0.4 is 5.32 Å². The molecule has 1 heterocycles. The molecule has 3 unspecified atom stereocenters. The summed E-state index contributed by atoms with van der Waals surface area (Å²) in [5, 5.41) is 3.35. The lowest BCUT2D eigenvalue weighted by atomic mass is 9.86. The van der Waals surface area contributed by atoms with Gasteiger partial charge in [-0.15, -0.1) is 0 Å². The normalized spacial score (nSPS) is 27.2. The predicted molar refractivity (Wildman–Crippen MR) is 82.5 cm³/mol. The number of rotatable bonds is 3. The number of sulfonamides is 1. The zero-order chi connectivity index (χ0) is 16.4. The van der Waals surface area contributed by atoms with Crippen LogP contribution in [0, 0.1) is 11.8 Å². The monoisotopic (exact) mass is 320 g/mol. The van der Waals surface area contributed by atoms with Gasteiger partial charge in [-0.05, 0) is 52.5 Å². The summed E-state index contributed by atoms with van der Waals surface area (Å²) in [4.78, 5) is 12.2. The van der Waals surface area contributed by atoms with E-state index in [1.54, 1.807) is 20.8 Å². The third-order valence-electron chi connectivity index (χ3n) is 3.60. The highest BCUT2D eigenvalue weighted by atomic mass is 32.2. The second-order valence-corrected chi connectivity index (χ2v) is 8.98. The van der Waals surface area contributed by atoms with Gasteiger partial charge in [-0.3, -0.25) is 0 Å². The number of ether oxygens (including phenoxy) is 1. The maximum atomic E-state index is 12.2. The van der Waals surface area contributed by atoms with E-state index < -0.39 is 21.7 Å². The molecular formula is C14H28N2O4S. The van der Waals surface area contributed by atoms with Crippen LogP contribution in [-0.2, 0) is 14.8 Å². The average Bonchev–Trinajstić information content (AvgIpc) is 2.26. The van der Waals surface area contributed by atoms with Gasteiger partial charge in [0.1, 0.15) is 5.60 Å². The van der Waals surface area contributed by atoms with Crippen molar-refractivity contribution in [3.8, 4) is 0 Å². The highest BCUT2D eigenvalue weighted by molar-refractivity contribution is 7.88. The highest BCUT2D eigenvalue weighted by Gasteiger charge is 2.34. The van der Waals surface area contributed by atoms with Gasteiger partial charge < -0.3 is 10.1 Å². The first-order valence-corrected chi connectivity index (χ1v) is 9.19. The van der Waals surface area contributed by atoms with Crippen LogP contribution in [0.15, 0.2) is 0 Å². The molecule has 1 N–H and O–H groups in total. The van der Waals surface area contributed by atoms with Gasteiger partial charge in [-0.2, -0.15) is 0 Å². The molecule has 0 aromatic carbocycles. The lowest BCUT2D eigenvalue weighted by Gasteiger charge is -2.36. The Morgan fingerprint density at radius 3 is 2.38 bits per heavy atom. The van der Waals surface area contributed by atoms with Crippen LogP contribution in [0.4, 0.5) is 4.79 Å². The number of carbonyl (C=O) groups is 1. The fourth-order valence-electron chi connectivity index (χ4n) is 2.46. The molecule has 1 fully saturated rings. The van der Waals surface area contributed by atoms with Gasteiger partial charge >= 0.3 is 6.09 Å². The van der Waals surface area contributed by atoms with E-state index in [4.69, 9.17) is 4.74 Å². The first-order valence-electron chi connectivity index (χ1n) is 7.34. The van der Waals surface area contributed by atoms with Crippen molar-refractivity contribution in [2.45, 2.75) is 52.7 Å². The zero-order valence-electron chi connectivity index (χ0n) is 13.8. The van der Waals surface area contributed by atoms with Crippen LogP contribution in [0.25, 0.3) is 0 Å². The van der Waals surface area contributed by atoms with Crippen LogP contribution in [0.2, 0.25) is 0 Å². The molecule has 3 atom stereocenters. The van der Waals surface area contributed by atoms with Crippen LogP contribution in [-0.4, -0.2) is 49.8 Å². The van der Waals surface area contributed by atoms with Crippen LogP contribution in [0.1, 0.15) is 41.0 Å². The fraction of sp³-hybridized carbons (Fsp3) is 0.929. The molecule has 1 saturated heterocycles. The molecule has 0 aromatic heterocycles. The van der Waals surface area contributed by atoms with E-state index in [1.807, 2.05) is 6.92 Å². The van der Waals surface area contributed by atoms with E-state index >= 15 is 0 Å². The first kappa shape index (κ1) is 18.2. The van der Waals surface area contributed by atoms with Crippen molar-refractivity contribution in [3.05, 3.63) is 0 Å². The number of nitrogens with one attached hydrogen (secondary N) is 1. The molecule has 0 aliphatic carbocycles. The minimum atomic E-state index is -3.65. The summed E-state index contributed by atoms with van der Waals surface area (Å²) in [6.07, 6.45) is 1.14. The van der Waals surface area contributed by atoms with E-state index in [0.29, 0.717) is 5.92 Å². The number of piperidine rings is 1. The summed E-state index contributed by atoms with van der Waals surface area (Å²) in [6.45, 7) is 10.4. The SMILES string of the molecule is CC1CNC(C)C(CN(C(=O)OC(C)(C)C)S(C)(=O)=O)C1. The molecule has 6 nitrogen and oxygen atoms in total. The quantitative estimate of drug-likeness (QED) is 0.858. The average molecular weight is 320 g/mol. The van der Waals surface area contributed by atoms with Crippen molar-refractivity contribution in [2.75, 3.05) is 19.3 Å². The summed E-state index contributed by atoms with van der Waals surface area (Å²) < 4.78 is 29.9. The summed E-state index contributed by atoms with van der Waals surface area (Å²) >= 11 is 0. The maximum Gasteiger partial charge on any atom is 0.424 e. The van der Waals surface area contributed by atoms with Gasteiger partial charge in [0, 0.05) is 12.6 Å². The third-order valence-corrected chi connectivity index (χ3v) is 4.70. The molecule has 7 heteroatoms. The van der Waals surface area contributed by atoms with Gasteiger partial charge in [-0.1, -0.05) is 6.92 Å². The summed E-state index contributed by atoms with van der Waals surface area (Å²) in [6, 6.07) is 0.174. The van der Waals surface area contributed by atoms with Crippen molar-refractivity contribution in [3.63, 3.8) is 0 Å². The Morgan fingerprint density at radius 1 is 1.33 bits per heavy atom. The largest absolute Gasteiger partial charge is 0.443 e. The minimum Gasteiger partial charge on any atom is -0.443 e. The van der Waals surface area contributed by atoms with Gasteiger partial charge in [0.25, 0.3) is 0 Å². The fourth-order valence-corrected chi connectivity index (χ4v) is 3.23. The Labute approximate surface area is 128 Å². The van der Waals surface area contributed by atoms with E-state index in [9.17, 15) is 13.2 Å². The summed E-state index contributed by atoms with van der Waals surface area (Å²) in [5.74, 6) is 0.558. The molecule has 0 bridgehead atoms. The highest BCUT2D eigenvalue weighted by Crippen LogP contribution is 2.23. The second kappa shape index (κ2) is 6.52. The molecule has 0 saturated carbocycles.